The second kappa shape index (κ2) is 15.7. The van der Waals surface area contributed by atoms with Gasteiger partial charge in [0.2, 0.25) is 5.91 Å². The van der Waals surface area contributed by atoms with Crippen LogP contribution in [-0.4, -0.2) is 55.0 Å². The number of carbonyl (C=O) groups excluding carboxylic acids is 3. The number of primary amides is 1. The Hall–Kier alpha value is -6.94. The fraction of sp³-hybridized carbons (Fsp3) is 0.195. The molecule has 0 spiro atoms. The maximum absolute atomic E-state index is 13.4. The molecule has 292 valence electrons. The molecular weight excluding hydrogens is 745 g/mol. The Balaban J connectivity index is 0.000000203. The molecule has 4 heterocycles. The lowest BCUT2D eigenvalue weighted by atomic mass is 10.0. The number of hydrogen-bond donors (Lipinski definition) is 4. The normalized spacial score (nSPS) is 11.5. The number of aromatic nitrogens is 6. The van der Waals surface area contributed by atoms with Crippen molar-refractivity contribution in [2.75, 3.05) is 16.2 Å². The lowest BCUT2D eigenvalue weighted by Crippen LogP contribution is -2.15. The molecule has 0 radical (unpaired) electrons. The average molecular weight is 787 g/mol. The molecule has 1 amide bonds. The summed E-state index contributed by atoms with van der Waals surface area (Å²) in [6.45, 7) is 11.5. The topological polar surface area (TPSA) is 237 Å². The van der Waals surface area contributed by atoms with Crippen LogP contribution in [0.25, 0.3) is 22.1 Å². The molecule has 7 rings (SSSR count). The van der Waals surface area contributed by atoms with Crippen LogP contribution in [-0.2, 0) is 10.0 Å². The first-order valence-corrected chi connectivity index (χ1v) is 19.4. The van der Waals surface area contributed by atoms with Crippen LogP contribution in [0.5, 0.6) is 0 Å². The summed E-state index contributed by atoms with van der Waals surface area (Å²) in [5.74, 6) is -0.682. The van der Waals surface area contributed by atoms with E-state index in [1.54, 1.807) is 67.8 Å². The zero-order valence-corrected chi connectivity index (χ0v) is 33.0. The van der Waals surface area contributed by atoms with E-state index < -0.39 is 15.9 Å². The van der Waals surface area contributed by atoms with Crippen LogP contribution >= 0.6 is 0 Å². The van der Waals surface area contributed by atoms with Crippen molar-refractivity contribution < 1.29 is 22.8 Å². The first kappa shape index (κ1) is 39.7. The molecule has 0 bridgehead atoms. The zero-order valence-electron chi connectivity index (χ0n) is 32.2. The van der Waals surface area contributed by atoms with Crippen molar-refractivity contribution in [3.8, 4) is 0 Å². The van der Waals surface area contributed by atoms with Gasteiger partial charge in [0.15, 0.2) is 11.6 Å². The molecule has 57 heavy (non-hydrogen) atoms. The Labute approximate surface area is 329 Å². The summed E-state index contributed by atoms with van der Waals surface area (Å²) in [7, 11) is -3.83. The van der Waals surface area contributed by atoms with Crippen LogP contribution in [0.3, 0.4) is 0 Å². The van der Waals surface area contributed by atoms with Crippen LogP contribution in [0.15, 0.2) is 96.7 Å². The van der Waals surface area contributed by atoms with Gasteiger partial charge in [-0.3, -0.25) is 19.1 Å². The summed E-state index contributed by atoms with van der Waals surface area (Å²) in [4.78, 5) is 54.5. The van der Waals surface area contributed by atoms with Crippen LogP contribution in [0.4, 0.5) is 17.3 Å². The van der Waals surface area contributed by atoms with Crippen LogP contribution in [0, 0.1) is 13.8 Å². The highest BCUT2D eigenvalue weighted by Crippen LogP contribution is 2.31. The monoisotopic (exact) mass is 786 g/mol. The van der Waals surface area contributed by atoms with Gasteiger partial charge in [0.1, 0.15) is 35.6 Å². The van der Waals surface area contributed by atoms with Crippen molar-refractivity contribution in [2.45, 2.75) is 58.5 Å². The number of fused-ring (bicyclic) bond motifs is 2. The number of nitrogens with one attached hydrogen (secondary N) is 1. The zero-order chi connectivity index (χ0) is 41.3. The quantitative estimate of drug-likeness (QED) is 0.114. The van der Waals surface area contributed by atoms with Gasteiger partial charge in [0, 0.05) is 46.9 Å². The number of anilines is 3. The summed E-state index contributed by atoms with van der Waals surface area (Å²) in [6.07, 6.45) is 6.18. The first-order chi connectivity index (χ1) is 27.0. The summed E-state index contributed by atoms with van der Waals surface area (Å²) in [5.41, 5.74) is 22.0. The number of rotatable bonds is 10. The van der Waals surface area contributed by atoms with Crippen molar-refractivity contribution in [3.63, 3.8) is 0 Å². The predicted molar refractivity (Wildman–Crippen MR) is 220 cm³/mol. The van der Waals surface area contributed by atoms with E-state index in [0.29, 0.717) is 55.6 Å². The van der Waals surface area contributed by atoms with Gasteiger partial charge in [-0.2, -0.15) is 0 Å². The fourth-order valence-electron chi connectivity index (χ4n) is 6.40. The van der Waals surface area contributed by atoms with Gasteiger partial charge in [-0.25, -0.2) is 28.4 Å². The number of benzene rings is 3. The van der Waals surface area contributed by atoms with E-state index in [4.69, 9.17) is 17.2 Å². The molecule has 7 aromatic rings. The van der Waals surface area contributed by atoms with E-state index in [1.807, 2.05) is 49.8 Å². The van der Waals surface area contributed by atoms with E-state index in [1.165, 1.54) is 24.8 Å². The average Bonchev–Trinajstić information content (AvgIpc) is 3.77. The van der Waals surface area contributed by atoms with E-state index in [0.717, 1.165) is 5.56 Å². The second-order valence-electron chi connectivity index (χ2n) is 14.1. The minimum atomic E-state index is -3.83. The number of sulfonamides is 1. The number of aryl methyl sites for hydroxylation is 2. The fourth-order valence-corrected chi connectivity index (χ4v) is 7.78. The smallest absolute Gasteiger partial charge is 0.262 e. The molecule has 0 atom stereocenters. The maximum atomic E-state index is 13.4. The van der Waals surface area contributed by atoms with Crippen LogP contribution in [0.2, 0.25) is 0 Å². The van der Waals surface area contributed by atoms with E-state index >= 15 is 0 Å². The molecule has 0 aliphatic carbocycles. The highest BCUT2D eigenvalue weighted by molar-refractivity contribution is 7.92. The Bertz CT molecular complexity index is 2820. The minimum Gasteiger partial charge on any atom is -0.383 e. The number of nitrogen functional groups attached to an aromatic ring is 2. The Morgan fingerprint density at radius 2 is 1.16 bits per heavy atom. The van der Waals surface area contributed by atoms with Gasteiger partial charge in [-0.1, -0.05) is 36.4 Å². The van der Waals surface area contributed by atoms with Crippen LogP contribution in [0.1, 0.15) is 93.1 Å². The number of nitrogens with zero attached hydrogens (tertiary/aromatic N) is 6. The van der Waals surface area contributed by atoms with Crippen LogP contribution < -0.4 is 21.9 Å². The number of amides is 1. The van der Waals surface area contributed by atoms with Crippen molar-refractivity contribution in [2.24, 2.45) is 5.73 Å². The number of carbonyl (C=O) groups is 3. The van der Waals surface area contributed by atoms with E-state index in [-0.39, 0.29) is 45.7 Å². The number of ketones is 2. The molecule has 0 unspecified atom stereocenters. The highest BCUT2D eigenvalue weighted by atomic mass is 32.2. The number of hydrogen-bond acceptors (Lipinski definition) is 11. The third kappa shape index (κ3) is 7.93. The van der Waals surface area contributed by atoms with Crippen molar-refractivity contribution in [1.29, 1.82) is 0 Å². The summed E-state index contributed by atoms with van der Waals surface area (Å²) >= 11 is 0. The van der Waals surface area contributed by atoms with Crippen molar-refractivity contribution >= 4 is 66.9 Å². The molecule has 0 saturated carbocycles. The Kier molecular flexibility index (Phi) is 10.9. The first-order valence-electron chi connectivity index (χ1n) is 17.9. The molecule has 3 aromatic carbocycles. The van der Waals surface area contributed by atoms with Crippen molar-refractivity contribution in [3.05, 3.63) is 131 Å². The van der Waals surface area contributed by atoms with Gasteiger partial charge in [0.05, 0.1) is 26.8 Å². The SMILES string of the molecule is CC(C)n1cc(C(=O)c2cccc(C(N)=O)c2)c2c(N)ncnc21.Cc1ccc(C)c(S(=O)(=O)Nc2cccc(C(=O)c3cn(C(C)C)c4ncnc(N)c34)c2)c1. The summed E-state index contributed by atoms with van der Waals surface area (Å²) in [6, 6.07) is 18.1. The Morgan fingerprint density at radius 1 is 0.667 bits per heavy atom. The highest BCUT2D eigenvalue weighted by Gasteiger charge is 2.24. The molecule has 4 aromatic heterocycles. The molecule has 0 fully saturated rings. The van der Waals surface area contributed by atoms with Gasteiger partial charge in [-0.15, -0.1) is 0 Å². The van der Waals surface area contributed by atoms with Gasteiger partial charge in [0.25, 0.3) is 10.0 Å². The van der Waals surface area contributed by atoms with Gasteiger partial charge < -0.3 is 26.3 Å². The second-order valence-corrected chi connectivity index (χ2v) is 15.7. The molecule has 0 saturated heterocycles. The van der Waals surface area contributed by atoms with Crippen molar-refractivity contribution in [1.82, 2.24) is 29.1 Å². The lowest BCUT2D eigenvalue weighted by molar-refractivity contribution is 0.0998. The van der Waals surface area contributed by atoms with Gasteiger partial charge >= 0.3 is 0 Å². The molecule has 7 N–H and O–H groups in total. The van der Waals surface area contributed by atoms with E-state index in [2.05, 4.69) is 24.7 Å². The third-order valence-electron chi connectivity index (χ3n) is 9.30. The molecule has 0 aliphatic heterocycles. The Morgan fingerprint density at radius 3 is 1.67 bits per heavy atom. The summed E-state index contributed by atoms with van der Waals surface area (Å²) < 4.78 is 32.3. The predicted octanol–water partition coefficient (Wildman–Crippen LogP) is 6.17. The van der Waals surface area contributed by atoms with Gasteiger partial charge in [-0.05, 0) is 83.0 Å². The molecule has 16 heteroatoms. The minimum absolute atomic E-state index is 0.0547. The van der Waals surface area contributed by atoms with E-state index in [9.17, 15) is 22.8 Å². The molecule has 0 aliphatic rings. The standard InChI is InChI=1S/C24H25N5O3S.C17H17N5O2/c1-14(2)29-12-19(21-23(25)26-13-27-24(21)29)22(30)17-6-5-7-18(11-17)28-33(31,32)20-10-15(3)8-9-16(20)4;1-9(2)22-7-12(13-15(18)20-8-21-17(13)22)14(23)10-4-3-5-11(6-10)16(19)24/h5-14,28H,1-4H3,(H2,25,26,27);3-9H,1-2H3,(H2,19,24)(H2,18,20,21). The maximum Gasteiger partial charge on any atom is 0.262 e. The third-order valence-corrected chi connectivity index (χ3v) is 10.8. The molecular formula is C41H42N10O5S. The molecule has 15 nitrogen and oxygen atoms in total. The largest absolute Gasteiger partial charge is 0.383 e. The summed E-state index contributed by atoms with van der Waals surface area (Å²) in [5, 5.41) is 0.998. The number of nitrogens with two attached hydrogens (primary N) is 3. The lowest BCUT2D eigenvalue weighted by Gasteiger charge is -2.12.